The molecular formula is C59H64F6N12O7S2. The van der Waals surface area contributed by atoms with Crippen LogP contribution >= 0.6 is 22.7 Å². The van der Waals surface area contributed by atoms with Gasteiger partial charge >= 0.3 is 12.2 Å². The summed E-state index contributed by atoms with van der Waals surface area (Å²) in [5.74, 6) is -8.27. The number of anilines is 3. The zero-order chi connectivity index (χ0) is 62.2. The van der Waals surface area contributed by atoms with E-state index in [0.717, 1.165) is 39.1 Å². The Bertz CT molecular complexity index is 3720. The lowest BCUT2D eigenvalue weighted by Crippen LogP contribution is -2.57. The summed E-state index contributed by atoms with van der Waals surface area (Å²) in [5, 5.41) is 40.1. The number of alkyl halides is 5. The van der Waals surface area contributed by atoms with Gasteiger partial charge < -0.3 is 52.0 Å². The number of phenols is 1. The number of β-amino-alcohol motifs (C(OH)–C–C–N with tert-alkyl or cyclic N) is 1. The molecule has 3 amide bonds. The monoisotopic (exact) mass is 1230 g/mol. The first kappa shape index (κ1) is 62.6. The number of hydrogen-bond donors (Lipinski definition) is 7. The predicted octanol–water partition coefficient (Wildman–Crippen LogP) is 9.49. The van der Waals surface area contributed by atoms with Crippen molar-refractivity contribution in [3.8, 4) is 39.4 Å². The molecule has 4 aromatic heterocycles. The van der Waals surface area contributed by atoms with Gasteiger partial charge in [-0.2, -0.15) is 28.4 Å². The van der Waals surface area contributed by atoms with E-state index in [4.69, 9.17) is 20.9 Å². The minimum atomic E-state index is -5.41. The van der Waals surface area contributed by atoms with E-state index in [1.807, 2.05) is 37.3 Å². The van der Waals surface area contributed by atoms with Gasteiger partial charge in [0.05, 0.1) is 58.4 Å². The Morgan fingerprint density at radius 3 is 2.43 bits per heavy atom. The maximum absolute atomic E-state index is 17.5. The van der Waals surface area contributed by atoms with Crippen molar-refractivity contribution in [2.45, 2.75) is 122 Å². The van der Waals surface area contributed by atoms with Crippen molar-refractivity contribution in [1.29, 1.82) is 5.26 Å². The number of carbonyl (C=O) groups is 3. The summed E-state index contributed by atoms with van der Waals surface area (Å²) in [6, 6.07) is 12.0. The molecule has 0 radical (unpaired) electrons. The third kappa shape index (κ3) is 13.4. The number of aryl methyl sites for hydroxylation is 1. The van der Waals surface area contributed by atoms with Gasteiger partial charge in [-0.05, 0) is 61.4 Å². The summed E-state index contributed by atoms with van der Waals surface area (Å²) in [6.07, 6.45) is -6.83. The van der Waals surface area contributed by atoms with Gasteiger partial charge in [0.15, 0.2) is 5.82 Å². The number of hydrogen-bond acceptors (Lipinski definition) is 18. The molecule has 0 aliphatic carbocycles. The number of aromatic hydroxyl groups is 1. The fourth-order valence-corrected chi connectivity index (χ4v) is 12.8. The first-order valence-corrected chi connectivity index (χ1v) is 29.3. The number of pyridine rings is 1. The normalized spacial score (nSPS) is 18.2. The van der Waals surface area contributed by atoms with E-state index < -0.39 is 136 Å². The van der Waals surface area contributed by atoms with Gasteiger partial charge in [-0.1, -0.05) is 63.2 Å². The number of halogens is 6. The lowest BCUT2D eigenvalue weighted by atomic mass is 9.85. The number of nitrogens with one attached hydrogen (secondary N) is 3. The van der Waals surface area contributed by atoms with Gasteiger partial charge in [-0.15, -0.1) is 22.7 Å². The van der Waals surface area contributed by atoms with E-state index in [0.29, 0.717) is 5.56 Å². The van der Waals surface area contributed by atoms with Gasteiger partial charge in [-0.3, -0.25) is 19.3 Å². The molecule has 6 heterocycles. The maximum Gasteiger partial charge on any atom is 0.420 e. The van der Waals surface area contributed by atoms with Gasteiger partial charge in [0.1, 0.15) is 57.7 Å². The molecule has 2 saturated heterocycles. The average molecular weight is 1230 g/mol. The molecule has 2 aliphatic heterocycles. The molecule has 27 heteroatoms. The quantitative estimate of drug-likeness (QED) is 0.0276. The minimum Gasteiger partial charge on any atom is -0.506 e. The van der Waals surface area contributed by atoms with Crippen LogP contribution in [-0.4, -0.2) is 127 Å². The third-order valence-corrected chi connectivity index (χ3v) is 17.3. The summed E-state index contributed by atoms with van der Waals surface area (Å²) in [5.41, 5.74) is 11.9. The van der Waals surface area contributed by atoms with E-state index in [1.54, 1.807) is 45.3 Å². The molecule has 9 rings (SSSR count). The molecule has 456 valence electrons. The molecule has 19 nitrogen and oxygen atoms in total. The van der Waals surface area contributed by atoms with Crippen molar-refractivity contribution in [2.24, 2.45) is 5.41 Å². The molecule has 2 aliphatic rings. The average Bonchev–Trinajstić information content (AvgIpc) is 0.915. The molecule has 7 aromatic rings. The highest BCUT2D eigenvalue weighted by Gasteiger charge is 2.49. The number of nitrogens with two attached hydrogens (primary N) is 2. The number of aliphatic hydroxyl groups is 1. The number of nitrogen functional groups attached to an aromatic ring is 2. The summed E-state index contributed by atoms with van der Waals surface area (Å²) in [4.78, 5) is 61.9. The van der Waals surface area contributed by atoms with E-state index in [2.05, 4.69) is 35.9 Å². The maximum atomic E-state index is 17.5. The molecule has 0 spiro atoms. The Morgan fingerprint density at radius 1 is 1.01 bits per heavy atom. The largest absolute Gasteiger partial charge is 0.506 e. The van der Waals surface area contributed by atoms with Crippen LogP contribution < -0.4 is 32.2 Å². The van der Waals surface area contributed by atoms with Gasteiger partial charge in [-0.25, -0.2) is 23.1 Å². The number of nitriles is 1. The highest BCUT2D eigenvalue weighted by molar-refractivity contribution is 7.23. The summed E-state index contributed by atoms with van der Waals surface area (Å²) < 4.78 is 106. The smallest absolute Gasteiger partial charge is 0.420 e. The van der Waals surface area contributed by atoms with Crippen molar-refractivity contribution < 1.29 is 60.4 Å². The number of thiazole rings is 1. The zero-order valence-corrected chi connectivity index (χ0v) is 49.3. The summed E-state index contributed by atoms with van der Waals surface area (Å²) >= 11 is 2.43. The Balaban J connectivity index is 0.860. The van der Waals surface area contributed by atoms with Crippen molar-refractivity contribution >= 4 is 78.0 Å². The van der Waals surface area contributed by atoms with Crippen molar-refractivity contribution in [2.75, 3.05) is 49.6 Å². The Morgan fingerprint density at radius 2 is 1.76 bits per heavy atom. The van der Waals surface area contributed by atoms with Gasteiger partial charge in [0, 0.05) is 72.9 Å². The first-order valence-electron chi connectivity index (χ1n) is 27.6. The second-order valence-corrected chi connectivity index (χ2v) is 24.5. The van der Waals surface area contributed by atoms with Crippen LogP contribution in [0.5, 0.6) is 11.8 Å². The number of likely N-dealkylation sites (tertiary alicyclic amines) is 2. The highest BCUT2D eigenvalue weighted by Crippen LogP contribution is 2.52. The molecular weight excluding hydrogens is 1170 g/mol. The number of nitrogens with zero attached hydrogens (tertiary/aromatic N) is 7. The number of rotatable bonds is 20. The highest BCUT2D eigenvalue weighted by atomic mass is 32.1. The number of amides is 3. The number of aliphatic hydroxyl groups excluding tert-OH is 1. The van der Waals surface area contributed by atoms with Gasteiger partial charge in [0.25, 0.3) is 5.92 Å². The van der Waals surface area contributed by atoms with E-state index in [9.17, 15) is 29.9 Å². The van der Waals surface area contributed by atoms with Crippen LogP contribution in [0.1, 0.15) is 94.3 Å². The molecule has 1 unspecified atom stereocenters. The second-order valence-electron chi connectivity index (χ2n) is 22.5. The molecule has 86 heavy (non-hydrogen) atoms. The minimum absolute atomic E-state index is 0.00701. The summed E-state index contributed by atoms with van der Waals surface area (Å²) in [6.45, 7) is 9.54. The second kappa shape index (κ2) is 25.2. The van der Waals surface area contributed by atoms with Crippen LogP contribution in [0.15, 0.2) is 66.3 Å². The SMILES string of the molecule is Cc1ncsc1-c1ccc(CNC(=O)[C@@H]2C[C@@H](O)CN2C(=O)[C@@H](NC(=O)CCOCCCN2CC(F)(F)C[C@H]2C(C)Oc2nc(N[C@H](C)c3cccnc3N)c3c(O)c(C(F)(F)F)c(-c4cccc5sc(N)c(C#N)c45)c(F)c3n2)C(C)(C)C)cc1. The van der Waals surface area contributed by atoms with Crippen LogP contribution in [0.4, 0.5) is 43.0 Å². The zero-order valence-electron chi connectivity index (χ0n) is 47.7. The van der Waals surface area contributed by atoms with Crippen LogP contribution in [-0.2, 0) is 31.8 Å². The number of ether oxygens (including phenoxy) is 2. The topological polar surface area (TPSA) is 280 Å². The van der Waals surface area contributed by atoms with E-state index in [-0.39, 0.29) is 78.6 Å². The molecule has 9 N–H and O–H groups in total. The number of carbonyl (C=O) groups excluding carboxylic acids is 3. The number of aromatic nitrogens is 4. The fourth-order valence-electron chi connectivity index (χ4n) is 11.1. The molecule has 0 bridgehead atoms. The lowest BCUT2D eigenvalue weighted by molar-refractivity contribution is -0.144. The van der Waals surface area contributed by atoms with Gasteiger partial charge in [0.2, 0.25) is 17.7 Å². The molecule has 0 saturated carbocycles. The van der Waals surface area contributed by atoms with Crippen LogP contribution in [0.3, 0.4) is 0 Å². The number of fused-ring (bicyclic) bond motifs is 2. The molecule has 3 aromatic carbocycles. The Labute approximate surface area is 498 Å². The standard InChI is InChI=1S/C59H64F6N12O7S2/c1-29(35-11-8-18-69-51(35)67)72-53-44-47(46(60)43(45(48(44)80)59(63,64)65)36-10-7-12-40-42(36)37(24-66)52(68)86-40)74-56(75-53)84-31(3)39-23-58(61,62)27-76(39)19-9-20-83-21-17-41(79)73-50(57(4,5)6)55(82)77-26-34(78)22-38(77)54(81)70-25-32-13-15-33(16-14-32)49-30(2)71-28-85-49/h7-8,10-16,18,28-29,31,34,38-39,50,78,80H,9,17,19-23,25-27,68H2,1-6H3,(H2,67,69)(H,70,81)(H,73,79)(H,72,74,75)/t29-,31?,34-,38+,39+,50-/m1/s1. The number of phenolic OH excluding ortho intramolecular Hbond substituents is 1. The van der Waals surface area contributed by atoms with Crippen LogP contribution in [0, 0.1) is 29.5 Å². The van der Waals surface area contributed by atoms with Crippen LogP contribution in [0.25, 0.3) is 42.6 Å². The lowest BCUT2D eigenvalue weighted by Gasteiger charge is -2.35. The third-order valence-electron chi connectivity index (χ3n) is 15.3. The molecule has 6 atom stereocenters. The van der Waals surface area contributed by atoms with E-state index in [1.165, 1.54) is 46.4 Å². The van der Waals surface area contributed by atoms with Crippen molar-refractivity contribution in [3.63, 3.8) is 0 Å². The predicted molar refractivity (Wildman–Crippen MR) is 314 cm³/mol. The summed E-state index contributed by atoms with van der Waals surface area (Å²) in [7, 11) is 0. The van der Waals surface area contributed by atoms with E-state index >= 15 is 26.3 Å². The van der Waals surface area contributed by atoms with Crippen molar-refractivity contribution in [1.82, 2.24) is 40.4 Å². The molecule has 2 fully saturated rings. The van der Waals surface area contributed by atoms with Crippen molar-refractivity contribution in [3.05, 3.63) is 100 Å². The first-order chi connectivity index (χ1) is 40.6. The van der Waals surface area contributed by atoms with Crippen LogP contribution in [0.2, 0.25) is 0 Å². The number of benzene rings is 3. The Hall–Kier alpha value is -7.90. The fraction of sp³-hybridized carbons (Fsp3) is 0.424. The Kier molecular flexibility index (Phi) is 18.4. The number of thiophene rings is 1.